The number of likely N-dealkylation sites (tertiary alicyclic amines) is 2. The zero-order chi connectivity index (χ0) is 50.8. The van der Waals surface area contributed by atoms with E-state index in [1.807, 2.05) is 108 Å². The lowest BCUT2D eigenvalue weighted by molar-refractivity contribution is 0.0652. The Balaban J connectivity index is 0.000000146. The normalized spacial score (nSPS) is 24.4. The van der Waals surface area contributed by atoms with Crippen LogP contribution in [0.2, 0.25) is 0 Å². The summed E-state index contributed by atoms with van der Waals surface area (Å²) >= 11 is 3.47. The zero-order valence-electron chi connectivity index (χ0n) is 42.7. The Morgan fingerprint density at radius 2 is 1.01 bits per heavy atom. The summed E-state index contributed by atoms with van der Waals surface area (Å²) in [6, 6.07) is 23.6. The molecule has 0 bridgehead atoms. The Morgan fingerprint density at radius 1 is 0.589 bits per heavy atom. The Labute approximate surface area is 437 Å². The van der Waals surface area contributed by atoms with Gasteiger partial charge in [0.25, 0.3) is 11.8 Å². The summed E-state index contributed by atoms with van der Waals surface area (Å²) < 4.78 is 4.41. The number of pyridine rings is 2. The number of aromatic nitrogens is 6. The van der Waals surface area contributed by atoms with Crippen molar-refractivity contribution >= 4 is 68.0 Å². The number of aliphatic hydroxyl groups excluding tert-OH is 2. The first-order chi connectivity index (χ1) is 35.3. The van der Waals surface area contributed by atoms with E-state index in [9.17, 15) is 19.8 Å². The number of nitrogens with one attached hydrogen (secondary N) is 2. The van der Waals surface area contributed by atoms with Crippen molar-refractivity contribution in [3.63, 3.8) is 0 Å². The third-order valence-electron chi connectivity index (χ3n) is 16.6. The van der Waals surface area contributed by atoms with Crippen molar-refractivity contribution < 1.29 is 19.8 Å². The van der Waals surface area contributed by atoms with Crippen LogP contribution in [-0.4, -0.2) is 163 Å². The van der Waals surface area contributed by atoms with Gasteiger partial charge >= 0.3 is 0 Å². The fourth-order valence-corrected chi connectivity index (χ4v) is 12.7. The van der Waals surface area contributed by atoms with Crippen LogP contribution in [0.15, 0.2) is 89.7 Å². The largest absolute Gasteiger partial charge is 0.393 e. The van der Waals surface area contributed by atoms with Gasteiger partial charge in [0.1, 0.15) is 0 Å². The van der Waals surface area contributed by atoms with E-state index < -0.39 is 0 Å². The number of fused-ring (bicyclic) bond motifs is 4. The summed E-state index contributed by atoms with van der Waals surface area (Å²) in [7, 11) is 8.08. The number of piperidine rings is 2. The number of hydrogen-bond acceptors (Lipinski definition) is 13. The molecular formula is C55H72BrN13O4. The molecule has 7 heterocycles. The molecule has 0 radical (unpaired) electrons. The Kier molecular flexibility index (Phi) is 15.6. The number of halogens is 1. The number of anilines is 5. The van der Waals surface area contributed by atoms with E-state index in [-0.39, 0.29) is 24.0 Å². The summed E-state index contributed by atoms with van der Waals surface area (Å²) in [6.07, 6.45) is 15.9. The van der Waals surface area contributed by atoms with Gasteiger partial charge in [0.05, 0.1) is 22.4 Å². The fourth-order valence-electron chi connectivity index (χ4n) is 12.3. The van der Waals surface area contributed by atoms with Crippen molar-refractivity contribution in [2.75, 3.05) is 83.0 Å². The van der Waals surface area contributed by atoms with Crippen molar-refractivity contribution in [1.82, 2.24) is 48.8 Å². The molecule has 6 aromatic rings. The van der Waals surface area contributed by atoms with Gasteiger partial charge in [0.15, 0.2) is 11.3 Å². The van der Waals surface area contributed by atoms with E-state index in [0.29, 0.717) is 46.9 Å². The standard InChI is InChI=1S/C27H35N7O2.C20H23BrN6O.C8H14O/c1-31-12-9-22(10-13-31)32(2)26(36)18-5-7-21(8-6-18)28-27-29-25-24(4-3-11-34(25)30-27)33-16-19-14-23(35)15-20(19)17-33;1-25-12-9-16(10-13-25)26(2)19(28)14-5-7-15(8-6-14)22-20-23-18-17(21)4-3-11-27(18)24-20;9-8-4-6-2-1-3-7(6)5-8/h3-8,11,19-20,22-23,35H,9-10,12-17H2,1-2H3,(H,28,30);3-8,11,16H,9-10,12-13H2,1-2H3,(H,22,24);6-9H,1-5H2/t19-,20+,23?;;6-,7+,8?. The predicted octanol–water partition coefficient (Wildman–Crippen LogP) is 7.81. The lowest BCUT2D eigenvalue weighted by atomic mass is 10.0. The van der Waals surface area contributed by atoms with Crippen LogP contribution >= 0.6 is 15.9 Å². The van der Waals surface area contributed by atoms with Crippen LogP contribution < -0.4 is 15.5 Å². The highest BCUT2D eigenvalue weighted by Gasteiger charge is 2.41. The molecule has 18 heteroatoms. The predicted molar refractivity (Wildman–Crippen MR) is 289 cm³/mol. The molecule has 6 fully saturated rings. The van der Waals surface area contributed by atoms with Crippen LogP contribution in [0.25, 0.3) is 11.3 Å². The van der Waals surface area contributed by atoms with Crippen LogP contribution in [0.3, 0.4) is 0 Å². The second kappa shape index (κ2) is 22.4. The smallest absolute Gasteiger partial charge is 0.253 e. The van der Waals surface area contributed by atoms with Crippen LogP contribution in [0.1, 0.15) is 91.3 Å². The average Bonchev–Trinajstić information content (AvgIpc) is 4.27. The minimum atomic E-state index is -0.141. The molecular weight excluding hydrogens is 987 g/mol. The maximum Gasteiger partial charge on any atom is 0.253 e. The first-order valence-electron chi connectivity index (χ1n) is 26.4. The van der Waals surface area contributed by atoms with Gasteiger partial charge in [-0.15, -0.1) is 10.2 Å². The molecule has 73 heavy (non-hydrogen) atoms. The molecule has 3 saturated carbocycles. The number of benzene rings is 2. The average molecular weight is 1060 g/mol. The highest BCUT2D eigenvalue weighted by molar-refractivity contribution is 9.10. The van der Waals surface area contributed by atoms with Gasteiger partial charge < -0.3 is 45.3 Å². The maximum absolute atomic E-state index is 13.0. The quantitative estimate of drug-likeness (QED) is 0.111. The number of amides is 2. The van der Waals surface area contributed by atoms with Gasteiger partial charge in [-0.3, -0.25) is 9.59 Å². The molecule has 0 spiro atoms. The summed E-state index contributed by atoms with van der Waals surface area (Å²) in [4.78, 5) is 45.9. The molecule has 3 aliphatic carbocycles. The molecule has 12 rings (SSSR count). The van der Waals surface area contributed by atoms with Crippen LogP contribution in [0, 0.1) is 23.7 Å². The monoisotopic (exact) mass is 1060 g/mol. The first kappa shape index (κ1) is 50.9. The van der Waals surface area contributed by atoms with Gasteiger partial charge in [0.2, 0.25) is 11.9 Å². The molecule has 4 aromatic heterocycles. The van der Waals surface area contributed by atoms with Crippen molar-refractivity contribution in [2.45, 2.75) is 94.9 Å². The maximum atomic E-state index is 13.0. The highest BCUT2D eigenvalue weighted by Crippen LogP contribution is 2.44. The van der Waals surface area contributed by atoms with Gasteiger partial charge in [-0.05, 0) is 204 Å². The molecule has 6 atom stereocenters. The van der Waals surface area contributed by atoms with Crippen molar-refractivity contribution in [1.29, 1.82) is 0 Å². The summed E-state index contributed by atoms with van der Waals surface area (Å²) in [5.74, 6) is 4.08. The Morgan fingerprint density at radius 3 is 1.48 bits per heavy atom. The highest BCUT2D eigenvalue weighted by atomic mass is 79.9. The molecule has 2 amide bonds. The molecule has 3 aliphatic heterocycles. The van der Waals surface area contributed by atoms with E-state index in [0.717, 1.165) is 135 Å². The van der Waals surface area contributed by atoms with Crippen LogP contribution in [-0.2, 0) is 0 Å². The van der Waals surface area contributed by atoms with E-state index in [2.05, 4.69) is 76.6 Å². The number of carbonyl (C=O) groups excluding carboxylic acids is 2. The molecule has 6 aliphatic rings. The first-order valence-corrected chi connectivity index (χ1v) is 27.2. The third kappa shape index (κ3) is 11.8. The van der Waals surface area contributed by atoms with Gasteiger partial charge in [-0.1, -0.05) is 19.3 Å². The van der Waals surface area contributed by atoms with Crippen molar-refractivity contribution in [2.24, 2.45) is 23.7 Å². The van der Waals surface area contributed by atoms with Crippen molar-refractivity contribution in [3.8, 4) is 0 Å². The molecule has 2 aromatic carbocycles. The number of rotatable bonds is 9. The van der Waals surface area contributed by atoms with Gasteiger partial charge in [-0.2, -0.15) is 9.97 Å². The summed E-state index contributed by atoms with van der Waals surface area (Å²) in [5, 5.41) is 34.7. The Bertz CT molecular complexity index is 2800. The van der Waals surface area contributed by atoms with Crippen molar-refractivity contribution in [3.05, 3.63) is 101 Å². The molecule has 4 N–H and O–H groups in total. The fraction of sp³-hybridized carbons (Fsp3) is 0.527. The number of carbonyl (C=O) groups is 2. The van der Waals surface area contributed by atoms with E-state index in [1.54, 1.807) is 4.52 Å². The molecule has 17 nitrogen and oxygen atoms in total. The number of aliphatic hydroxyl groups is 2. The zero-order valence-corrected chi connectivity index (χ0v) is 44.3. The van der Waals surface area contributed by atoms with Crippen LogP contribution in [0.4, 0.5) is 29.0 Å². The van der Waals surface area contributed by atoms with Gasteiger partial charge in [0, 0.05) is 74.2 Å². The molecule has 388 valence electrons. The second-order valence-corrected chi connectivity index (χ2v) is 22.4. The summed E-state index contributed by atoms with van der Waals surface area (Å²) in [6.45, 7) is 6.04. The number of hydrogen-bond donors (Lipinski definition) is 4. The molecule has 2 unspecified atom stereocenters. The van der Waals surface area contributed by atoms with Crippen LogP contribution in [0.5, 0.6) is 0 Å². The van der Waals surface area contributed by atoms with E-state index in [4.69, 9.17) is 4.98 Å². The minimum Gasteiger partial charge on any atom is -0.393 e. The SMILES string of the molecule is CN1CCC(N(C)C(=O)c2ccc(Nc3nc4c(Br)cccn4n3)cc2)CC1.CN1CCC(N(C)C(=O)c2ccc(Nc3nc4c(N5C[C@H]6CC(O)C[C@H]6C5)cccn4n3)cc2)CC1.OC1C[C@H]2CCC[C@H]2C1. The number of nitrogens with zero attached hydrogens (tertiary/aromatic N) is 11. The Hall–Kier alpha value is -5.66. The minimum absolute atomic E-state index is 0.0558. The van der Waals surface area contributed by atoms with E-state index >= 15 is 0 Å². The lowest BCUT2D eigenvalue weighted by Gasteiger charge is -2.35. The molecule has 3 saturated heterocycles. The van der Waals surface area contributed by atoms with Gasteiger partial charge in [-0.25, -0.2) is 9.03 Å². The topological polar surface area (TPSA) is 175 Å². The third-order valence-corrected chi connectivity index (χ3v) is 17.2. The van der Waals surface area contributed by atoms with E-state index in [1.165, 1.54) is 19.3 Å². The summed E-state index contributed by atoms with van der Waals surface area (Å²) in [5.41, 5.74) is 5.72. The lowest BCUT2D eigenvalue weighted by Crippen LogP contribution is -2.44. The second-order valence-electron chi connectivity index (χ2n) is 21.6.